The van der Waals surface area contributed by atoms with E-state index in [0.717, 1.165) is 19.6 Å². The lowest BCUT2D eigenvalue weighted by molar-refractivity contribution is 0.00480. The van der Waals surface area contributed by atoms with Crippen LogP contribution in [0.15, 0.2) is 30.3 Å². The summed E-state index contributed by atoms with van der Waals surface area (Å²) in [6.07, 6.45) is 4.22. The lowest BCUT2D eigenvalue weighted by atomic mass is 10.00. The van der Waals surface area contributed by atoms with Crippen molar-refractivity contribution in [2.45, 2.75) is 37.5 Å². The molecule has 104 valence electrons. The Hall–Kier alpha value is -0.900. The number of methoxy groups -OCH3 is 1. The molecule has 1 aromatic rings. The molecule has 2 aliphatic rings. The van der Waals surface area contributed by atoms with Crippen LogP contribution in [0.3, 0.4) is 0 Å². The molecule has 1 aromatic carbocycles. The molecule has 1 aliphatic carbocycles. The van der Waals surface area contributed by atoms with Gasteiger partial charge in [0, 0.05) is 38.8 Å². The highest BCUT2D eigenvalue weighted by atomic mass is 16.5. The minimum Gasteiger partial charge on any atom is -0.380 e. The van der Waals surface area contributed by atoms with Crippen LogP contribution in [0.4, 0.5) is 0 Å². The smallest absolute Gasteiger partial charge is 0.0726 e. The second kappa shape index (κ2) is 6.04. The van der Waals surface area contributed by atoms with Crippen molar-refractivity contribution in [3.8, 4) is 0 Å². The van der Waals surface area contributed by atoms with E-state index < -0.39 is 0 Å². The minimum atomic E-state index is 0.421. The van der Waals surface area contributed by atoms with Gasteiger partial charge in [0.1, 0.15) is 0 Å². The number of piperazine rings is 1. The van der Waals surface area contributed by atoms with Crippen LogP contribution < -0.4 is 5.32 Å². The van der Waals surface area contributed by atoms with Gasteiger partial charge in [0.05, 0.1) is 6.10 Å². The second-order valence-corrected chi connectivity index (χ2v) is 5.64. The summed E-state index contributed by atoms with van der Waals surface area (Å²) in [4.78, 5) is 2.67. The fourth-order valence-corrected chi connectivity index (χ4v) is 3.66. The summed E-state index contributed by atoms with van der Waals surface area (Å²) in [6, 6.07) is 12.0. The predicted molar refractivity (Wildman–Crippen MR) is 77.2 cm³/mol. The van der Waals surface area contributed by atoms with E-state index in [-0.39, 0.29) is 0 Å². The first-order valence-electron chi connectivity index (χ1n) is 7.44. The molecule has 1 N–H and O–H groups in total. The Labute approximate surface area is 115 Å². The van der Waals surface area contributed by atoms with Gasteiger partial charge in [-0.1, -0.05) is 30.3 Å². The number of nitrogens with one attached hydrogen (secondary N) is 1. The van der Waals surface area contributed by atoms with Crippen LogP contribution >= 0.6 is 0 Å². The molecule has 1 aliphatic heterocycles. The minimum absolute atomic E-state index is 0.421. The second-order valence-electron chi connectivity index (χ2n) is 5.64. The van der Waals surface area contributed by atoms with Crippen molar-refractivity contribution in [3.63, 3.8) is 0 Å². The first-order chi connectivity index (χ1) is 9.40. The van der Waals surface area contributed by atoms with Crippen LogP contribution in [0.25, 0.3) is 0 Å². The van der Waals surface area contributed by atoms with Crippen LogP contribution in [0.2, 0.25) is 0 Å². The third kappa shape index (κ3) is 2.69. The highest BCUT2D eigenvalue weighted by molar-refractivity contribution is 5.20. The molecule has 3 heteroatoms. The molecule has 0 bridgehead atoms. The van der Waals surface area contributed by atoms with E-state index in [9.17, 15) is 0 Å². The van der Waals surface area contributed by atoms with Crippen molar-refractivity contribution in [2.24, 2.45) is 0 Å². The van der Waals surface area contributed by atoms with Gasteiger partial charge >= 0.3 is 0 Å². The molecule has 1 heterocycles. The van der Waals surface area contributed by atoms with Crippen molar-refractivity contribution in [1.29, 1.82) is 0 Å². The Bertz CT molecular complexity index is 395. The van der Waals surface area contributed by atoms with Gasteiger partial charge < -0.3 is 10.1 Å². The molecule has 1 saturated carbocycles. The SMILES string of the molecule is COC1CCCC1N1CCNCC1c1ccccc1. The summed E-state index contributed by atoms with van der Waals surface area (Å²) in [5.74, 6) is 0. The average molecular weight is 260 g/mol. The van der Waals surface area contributed by atoms with Crippen molar-refractivity contribution in [3.05, 3.63) is 35.9 Å². The van der Waals surface area contributed by atoms with Crippen LogP contribution in [0.1, 0.15) is 30.9 Å². The maximum atomic E-state index is 5.70. The zero-order chi connectivity index (χ0) is 13.1. The summed E-state index contributed by atoms with van der Waals surface area (Å²) in [5.41, 5.74) is 1.43. The lowest BCUT2D eigenvalue weighted by Gasteiger charge is -2.42. The first kappa shape index (κ1) is 13.1. The third-order valence-electron chi connectivity index (χ3n) is 4.62. The molecule has 3 unspecified atom stereocenters. The molecule has 0 radical (unpaired) electrons. The Morgan fingerprint density at radius 2 is 2.05 bits per heavy atom. The Kier molecular flexibility index (Phi) is 4.16. The Morgan fingerprint density at radius 1 is 1.21 bits per heavy atom. The highest BCUT2D eigenvalue weighted by Crippen LogP contribution is 2.33. The molecule has 19 heavy (non-hydrogen) atoms. The number of benzene rings is 1. The van der Waals surface area contributed by atoms with Gasteiger partial charge in [-0.05, 0) is 24.8 Å². The van der Waals surface area contributed by atoms with E-state index in [1.165, 1.54) is 24.8 Å². The third-order valence-corrected chi connectivity index (χ3v) is 4.62. The molecule has 3 nitrogen and oxygen atoms in total. The summed E-state index contributed by atoms with van der Waals surface area (Å²) in [7, 11) is 1.86. The van der Waals surface area contributed by atoms with Gasteiger partial charge in [0.25, 0.3) is 0 Å². The van der Waals surface area contributed by atoms with Crippen LogP contribution in [-0.4, -0.2) is 43.8 Å². The summed E-state index contributed by atoms with van der Waals surface area (Å²) in [5, 5.41) is 3.54. The Morgan fingerprint density at radius 3 is 2.84 bits per heavy atom. The topological polar surface area (TPSA) is 24.5 Å². The first-order valence-corrected chi connectivity index (χ1v) is 7.44. The quantitative estimate of drug-likeness (QED) is 0.901. The van der Waals surface area contributed by atoms with Gasteiger partial charge in [0.15, 0.2) is 0 Å². The number of hydrogen-bond acceptors (Lipinski definition) is 3. The Balaban J connectivity index is 1.81. The van der Waals surface area contributed by atoms with E-state index in [1.807, 2.05) is 7.11 Å². The van der Waals surface area contributed by atoms with Gasteiger partial charge in [-0.15, -0.1) is 0 Å². The van der Waals surface area contributed by atoms with Crippen LogP contribution in [-0.2, 0) is 4.74 Å². The van der Waals surface area contributed by atoms with E-state index in [0.29, 0.717) is 18.2 Å². The molecule has 0 amide bonds. The van der Waals surface area contributed by atoms with Gasteiger partial charge in [-0.3, -0.25) is 4.90 Å². The van der Waals surface area contributed by atoms with E-state index in [4.69, 9.17) is 4.74 Å². The number of rotatable bonds is 3. The number of nitrogens with zero attached hydrogens (tertiary/aromatic N) is 1. The fraction of sp³-hybridized carbons (Fsp3) is 0.625. The van der Waals surface area contributed by atoms with E-state index in [2.05, 4.69) is 40.5 Å². The molecular formula is C16H24N2O. The van der Waals surface area contributed by atoms with Crippen molar-refractivity contribution < 1.29 is 4.74 Å². The molecule has 2 fully saturated rings. The lowest BCUT2D eigenvalue weighted by Crippen LogP contribution is -2.52. The summed E-state index contributed by atoms with van der Waals surface area (Å²) >= 11 is 0. The number of ether oxygens (including phenoxy) is 1. The standard InChI is InChI=1S/C16H24N2O/c1-19-16-9-5-8-14(16)18-11-10-17-12-15(18)13-6-3-2-4-7-13/h2-4,6-7,14-17H,5,8-12H2,1H3. The van der Waals surface area contributed by atoms with E-state index in [1.54, 1.807) is 0 Å². The molecule has 0 aromatic heterocycles. The maximum Gasteiger partial charge on any atom is 0.0726 e. The molecular weight excluding hydrogens is 236 g/mol. The normalized spacial score (nSPS) is 32.6. The van der Waals surface area contributed by atoms with Gasteiger partial charge in [-0.2, -0.15) is 0 Å². The zero-order valence-corrected chi connectivity index (χ0v) is 11.7. The van der Waals surface area contributed by atoms with Crippen molar-refractivity contribution in [2.75, 3.05) is 26.7 Å². The largest absolute Gasteiger partial charge is 0.380 e. The van der Waals surface area contributed by atoms with Crippen LogP contribution in [0, 0.1) is 0 Å². The predicted octanol–water partition coefficient (Wildman–Crippen LogP) is 2.20. The molecule has 3 atom stereocenters. The molecule has 3 rings (SSSR count). The van der Waals surface area contributed by atoms with Gasteiger partial charge in [-0.25, -0.2) is 0 Å². The monoisotopic (exact) mass is 260 g/mol. The van der Waals surface area contributed by atoms with Crippen LogP contribution in [0.5, 0.6) is 0 Å². The fourth-order valence-electron chi connectivity index (χ4n) is 3.66. The van der Waals surface area contributed by atoms with Crippen molar-refractivity contribution in [1.82, 2.24) is 10.2 Å². The zero-order valence-electron chi connectivity index (χ0n) is 11.7. The summed E-state index contributed by atoms with van der Waals surface area (Å²) in [6.45, 7) is 3.28. The van der Waals surface area contributed by atoms with Crippen molar-refractivity contribution >= 4 is 0 Å². The van der Waals surface area contributed by atoms with Gasteiger partial charge in [0.2, 0.25) is 0 Å². The molecule has 0 spiro atoms. The summed E-state index contributed by atoms with van der Waals surface area (Å²) < 4.78 is 5.70. The average Bonchev–Trinajstić information content (AvgIpc) is 2.96. The van der Waals surface area contributed by atoms with E-state index >= 15 is 0 Å². The number of hydrogen-bond donors (Lipinski definition) is 1. The highest BCUT2D eigenvalue weighted by Gasteiger charge is 2.37. The maximum absolute atomic E-state index is 5.70. The molecule has 1 saturated heterocycles.